The van der Waals surface area contributed by atoms with E-state index in [0.29, 0.717) is 6.04 Å². The van der Waals surface area contributed by atoms with Gasteiger partial charge in [0.15, 0.2) is 0 Å². The number of likely N-dealkylation sites (N-methyl/N-ethyl adjacent to an activating group) is 2. The van der Waals surface area contributed by atoms with Gasteiger partial charge >= 0.3 is 0 Å². The minimum absolute atomic E-state index is 0.560. The standard InChI is InChI=1S/C14H24N2O/c1-5-13(10-15-2)16(3)11-12-8-6-7-9-14(12)17-4/h6-9,13,15H,5,10-11H2,1-4H3. The van der Waals surface area contributed by atoms with Crippen molar-refractivity contribution in [2.45, 2.75) is 25.9 Å². The van der Waals surface area contributed by atoms with Gasteiger partial charge in [-0.1, -0.05) is 25.1 Å². The third-order valence-electron chi connectivity index (χ3n) is 3.15. The molecule has 0 amide bonds. The first kappa shape index (κ1) is 14.0. The first-order valence-corrected chi connectivity index (χ1v) is 6.19. The van der Waals surface area contributed by atoms with Gasteiger partial charge in [-0.15, -0.1) is 0 Å². The quantitative estimate of drug-likeness (QED) is 0.785. The second-order valence-electron chi connectivity index (χ2n) is 4.35. The number of benzene rings is 1. The van der Waals surface area contributed by atoms with Gasteiger partial charge in [-0.25, -0.2) is 0 Å². The Morgan fingerprint density at radius 1 is 1.35 bits per heavy atom. The number of hydrogen-bond donors (Lipinski definition) is 1. The van der Waals surface area contributed by atoms with E-state index in [1.165, 1.54) is 5.56 Å². The van der Waals surface area contributed by atoms with E-state index in [4.69, 9.17) is 4.74 Å². The van der Waals surface area contributed by atoms with Gasteiger partial charge in [0.1, 0.15) is 5.75 Å². The fourth-order valence-electron chi connectivity index (χ4n) is 2.08. The largest absolute Gasteiger partial charge is 0.496 e. The van der Waals surface area contributed by atoms with Crippen LogP contribution in [0.1, 0.15) is 18.9 Å². The number of hydrogen-bond acceptors (Lipinski definition) is 3. The normalized spacial score (nSPS) is 12.8. The highest BCUT2D eigenvalue weighted by atomic mass is 16.5. The van der Waals surface area contributed by atoms with Crippen molar-refractivity contribution in [2.24, 2.45) is 0 Å². The van der Waals surface area contributed by atoms with Crippen LogP contribution in [0.4, 0.5) is 0 Å². The summed E-state index contributed by atoms with van der Waals surface area (Å²) in [6.07, 6.45) is 1.15. The number of nitrogens with one attached hydrogen (secondary N) is 1. The van der Waals surface area contributed by atoms with E-state index in [0.717, 1.165) is 25.3 Å². The molecule has 3 nitrogen and oxygen atoms in total. The molecule has 0 heterocycles. The lowest BCUT2D eigenvalue weighted by Crippen LogP contribution is -2.38. The summed E-state index contributed by atoms with van der Waals surface area (Å²) in [5, 5.41) is 3.24. The SMILES string of the molecule is CCC(CNC)N(C)Cc1ccccc1OC. The third kappa shape index (κ3) is 4.02. The molecule has 0 bridgehead atoms. The summed E-state index contributed by atoms with van der Waals surface area (Å²) in [6, 6.07) is 8.77. The Balaban J connectivity index is 2.68. The Hall–Kier alpha value is -1.06. The summed E-state index contributed by atoms with van der Waals surface area (Å²) in [4.78, 5) is 2.37. The predicted octanol–water partition coefficient (Wildman–Crippen LogP) is 2.12. The van der Waals surface area contributed by atoms with Crippen LogP contribution in [0.25, 0.3) is 0 Å². The number of rotatable bonds is 7. The third-order valence-corrected chi connectivity index (χ3v) is 3.15. The van der Waals surface area contributed by atoms with Crippen LogP contribution < -0.4 is 10.1 Å². The molecule has 0 aromatic heterocycles. The zero-order valence-corrected chi connectivity index (χ0v) is 11.4. The number of nitrogens with zero attached hydrogens (tertiary/aromatic N) is 1. The highest BCUT2D eigenvalue weighted by Gasteiger charge is 2.13. The highest BCUT2D eigenvalue weighted by Crippen LogP contribution is 2.19. The molecular formula is C14H24N2O. The lowest BCUT2D eigenvalue weighted by atomic mass is 10.1. The first-order valence-electron chi connectivity index (χ1n) is 6.19. The Morgan fingerprint density at radius 2 is 2.06 bits per heavy atom. The van der Waals surface area contributed by atoms with Crippen molar-refractivity contribution < 1.29 is 4.74 Å². The van der Waals surface area contributed by atoms with Crippen molar-refractivity contribution in [3.8, 4) is 5.75 Å². The van der Waals surface area contributed by atoms with Crippen LogP contribution in [0.2, 0.25) is 0 Å². The van der Waals surface area contributed by atoms with Crippen LogP contribution in [-0.4, -0.2) is 38.7 Å². The van der Waals surface area contributed by atoms with E-state index in [1.807, 2.05) is 19.2 Å². The van der Waals surface area contributed by atoms with Crippen molar-refractivity contribution >= 4 is 0 Å². The summed E-state index contributed by atoms with van der Waals surface area (Å²) in [6.45, 7) is 4.16. The smallest absolute Gasteiger partial charge is 0.123 e. The summed E-state index contributed by atoms with van der Waals surface area (Å²) in [7, 11) is 5.89. The molecule has 0 aliphatic carbocycles. The molecule has 96 valence electrons. The average Bonchev–Trinajstić information content (AvgIpc) is 2.36. The van der Waals surface area contributed by atoms with Crippen LogP contribution >= 0.6 is 0 Å². The Bertz CT molecular complexity index is 328. The van der Waals surface area contributed by atoms with Gasteiger partial charge in [0.05, 0.1) is 7.11 Å². The summed E-state index contributed by atoms with van der Waals surface area (Å²) in [5.74, 6) is 0.971. The van der Waals surface area contributed by atoms with Gasteiger partial charge in [0.25, 0.3) is 0 Å². The van der Waals surface area contributed by atoms with E-state index < -0.39 is 0 Å². The van der Waals surface area contributed by atoms with Gasteiger partial charge in [-0.2, -0.15) is 0 Å². The number of para-hydroxylation sites is 1. The van der Waals surface area contributed by atoms with Crippen molar-refractivity contribution in [1.29, 1.82) is 0 Å². The van der Waals surface area contributed by atoms with Gasteiger partial charge in [0.2, 0.25) is 0 Å². The fourth-order valence-corrected chi connectivity index (χ4v) is 2.08. The molecule has 0 fully saturated rings. The Kier molecular flexibility index (Phi) is 6.01. The van der Waals surface area contributed by atoms with Crippen LogP contribution in [0, 0.1) is 0 Å². The van der Waals surface area contributed by atoms with Crippen molar-refractivity contribution in [2.75, 3.05) is 27.7 Å². The number of methoxy groups -OCH3 is 1. The van der Waals surface area contributed by atoms with E-state index in [-0.39, 0.29) is 0 Å². The minimum Gasteiger partial charge on any atom is -0.496 e. The molecule has 0 saturated carbocycles. The van der Waals surface area contributed by atoms with E-state index in [1.54, 1.807) is 7.11 Å². The molecule has 0 aliphatic heterocycles. The summed E-state index contributed by atoms with van der Waals surface area (Å²) < 4.78 is 5.38. The van der Waals surface area contributed by atoms with Crippen molar-refractivity contribution in [3.63, 3.8) is 0 Å². The molecule has 3 heteroatoms. The predicted molar refractivity (Wildman–Crippen MR) is 72.5 cm³/mol. The molecule has 0 saturated heterocycles. The van der Waals surface area contributed by atoms with Crippen LogP contribution in [-0.2, 0) is 6.54 Å². The molecule has 0 spiro atoms. The second kappa shape index (κ2) is 7.30. The molecule has 1 atom stereocenters. The Morgan fingerprint density at radius 3 is 2.65 bits per heavy atom. The molecule has 17 heavy (non-hydrogen) atoms. The minimum atomic E-state index is 0.560. The van der Waals surface area contributed by atoms with Crippen LogP contribution in [0.15, 0.2) is 24.3 Å². The van der Waals surface area contributed by atoms with Gasteiger partial charge in [-0.05, 0) is 26.6 Å². The molecule has 1 unspecified atom stereocenters. The average molecular weight is 236 g/mol. The van der Waals surface area contributed by atoms with Gasteiger partial charge < -0.3 is 10.1 Å². The molecule has 1 aromatic rings. The molecular weight excluding hydrogens is 212 g/mol. The molecule has 1 rings (SSSR count). The van der Waals surface area contributed by atoms with E-state index in [2.05, 4.69) is 36.3 Å². The topological polar surface area (TPSA) is 24.5 Å². The van der Waals surface area contributed by atoms with Crippen LogP contribution in [0.5, 0.6) is 5.75 Å². The first-order chi connectivity index (χ1) is 8.22. The zero-order chi connectivity index (χ0) is 12.7. The fraction of sp³-hybridized carbons (Fsp3) is 0.571. The van der Waals surface area contributed by atoms with Crippen LogP contribution in [0.3, 0.4) is 0 Å². The maximum Gasteiger partial charge on any atom is 0.123 e. The monoisotopic (exact) mass is 236 g/mol. The van der Waals surface area contributed by atoms with E-state index >= 15 is 0 Å². The lowest BCUT2D eigenvalue weighted by molar-refractivity contribution is 0.221. The lowest BCUT2D eigenvalue weighted by Gasteiger charge is -2.27. The molecule has 0 aliphatic rings. The maximum atomic E-state index is 5.38. The Labute approximate surface area is 105 Å². The van der Waals surface area contributed by atoms with Gasteiger partial charge in [-0.3, -0.25) is 4.90 Å². The molecule has 1 aromatic carbocycles. The van der Waals surface area contributed by atoms with E-state index in [9.17, 15) is 0 Å². The van der Waals surface area contributed by atoms with Crippen molar-refractivity contribution in [3.05, 3.63) is 29.8 Å². The summed E-state index contributed by atoms with van der Waals surface area (Å²) >= 11 is 0. The summed E-state index contributed by atoms with van der Waals surface area (Å²) in [5.41, 5.74) is 1.24. The number of ether oxygens (including phenoxy) is 1. The van der Waals surface area contributed by atoms with Gasteiger partial charge in [0, 0.05) is 24.7 Å². The molecule has 1 N–H and O–H groups in total. The van der Waals surface area contributed by atoms with Crippen molar-refractivity contribution in [1.82, 2.24) is 10.2 Å². The zero-order valence-electron chi connectivity index (χ0n) is 11.4. The molecule has 0 radical (unpaired) electrons. The second-order valence-corrected chi connectivity index (χ2v) is 4.35. The maximum absolute atomic E-state index is 5.38. The highest BCUT2D eigenvalue weighted by molar-refractivity contribution is 5.33.